The molecular formula is C19H17FN4S. The van der Waals surface area contributed by atoms with Crippen molar-refractivity contribution < 1.29 is 4.39 Å². The second-order valence-corrected chi connectivity index (χ2v) is 6.94. The Morgan fingerprint density at radius 2 is 1.88 bits per heavy atom. The van der Waals surface area contributed by atoms with E-state index in [9.17, 15) is 9.65 Å². The monoisotopic (exact) mass is 352 g/mol. The Kier molecular flexibility index (Phi) is 5.15. The Morgan fingerprint density at radius 3 is 2.56 bits per heavy atom. The Labute approximate surface area is 150 Å². The van der Waals surface area contributed by atoms with Gasteiger partial charge in [0, 0.05) is 7.05 Å². The molecule has 1 atom stereocenters. The van der Waals surface area contributed by atoms with Crippen LogP contribution in [-0.4, -0.2) is 20.0 Å². The molecule has 6 heteroatoms. The third-order valence-corrected chi connectivity index (χ3v) is 5.01. The van der Waals surface area contributed by atoms with Crippen LogP contribution in [0.25, 0.3) is 11.4 Å². The zero-order valence-electron chi connectivity index (χ0n) is 14.0. The number of nitriles is 1. The lowest BCUT2D eigenvalue weighted by atomic mass is 10.1. The standard InChI is InChI=1S/C19H17FN4S/c1-13-7-9-14(10-8-13)11-15(12-21)25-19-23-22-18(24(19)2)16-5-3-4-6-17(16)20/h3-10,15H,11H2,1-2H3/t15-/m0/s1. The van der Waals surface area contributed by atoms with Gasteiger partial charge < -0.3 is 4.57 Å². The van der Waals surface area contributed by atoms with Crippen molar-refractivity contribution in [2.75, 3.05) is 0 Å². The molecule has 0 radical (unpaired) electrons. The Morgan fingerprint density at radius 1 is 1.16 bits per heavy atom. The molecule has 1 aromatic heterocycles. The van der Waals surface area contributed by atoms with Gasteiger partial charge in [-0.2, -0.15) is 5.26 Å². The molecule has 2 aromatic carbocycles. The second kappa shape index (κ2) is 7.49. The lowest BCUT2D eigenvalue weighted by Gasteiger charge is -2.09. The largest absolute Gasteiger partial charge is 0.305 e. The van der Waals surface area contributed by atoms with Gasteiger partial charge in [0.1, 0.15) is 11.1 Å². The molecule has 3 aromatic rings. The van der Waals surface area contributed by atoms with Crippen LogP contribution in [0.2, 0.25) is 0 Å². The van der Waals surface area contributed by atoms with E-state index in [1.54, 1.807) is 29.8 Å². The molecule has 0 aliphatic carbocycles. The first kappa shape index (κ1) is 17.2. The zero-order chi connectivity index (χ0) is 17.8. The summed E-state index contributed by atoms with van der Waals surface area (Å²) in [7, 11) is 1.78. The maximum absolute atomic E-state index is 14.0. The van der Waals surface area contributed by atoms with E-state index in [4.69, 9.17) is 0 Å². The van der Waals surface area contributed by atoms with Crippen molar-refractivity contribution in [1.82, 2.24) is 14.8 Å². The Bertz CT molecular complexity index is 912. The number of halogens is 1. The molecule has 3 rings (SSSR count). The summed E-state index contributed by atoms with van der Waals surface area (Å²) in [6, 6.07) is 16.9. The highest BCUT2D eigenvalue weighted by atomic mass is 32.2. The SMILES string of the molecule is Cc1ccc(C[C@@H](C#N)Sc2nnc(-c3ccccc3F)n2C)cc1. The molecule has 0 bridgehead atoms. The first-order chi connectivity index (χ1) is 12.1. The Hall–Kier alpha value is -2.65. The van der Waals surface area contributed by atoms with Crippen LogP contribution in [0.15, 0.2) is 53.7 Å². The van der Waals surface area contributed by atoms with Gasteiger partial charge in [0.15, 0.2) is 11.0 Å². The first-order valence-electron chi connectivity index (χ1n) is 7.84. The molecule has 25 heavy (non-hydrogen) atoms. The number of thioether (sulfide) groups is 1. The minimum absolute atomic E-state index is 0.293. The summed E-state index contributed by atoms with van der Waals surface area (Å²) in [5, 5.41) is 18.0. The van der Waals surface area contributed by atoms with Crippen molar-refractivity contribution in [3.63, 3.8) is 0 Å². The van der Waals surface area contributed by atoms with E-state index in [2.05, 4.69) is 16.3 Å². The normalized spacial score (nSPS) is 11.9. The molecular weight excluding hydrogens is 335 g/mol. The molecule has 0 N–H and O–H groups in total. The van der Waals surface area contributed by atoms with Gasteiger partial charge >= 0.3 is 0 Å². The van der Waals surface area contributed by atoms with Crippen LogP contribution < -0.4 is 0 Å². The lowest BCUT2D eigenvalue weighted by molar-refractivity contribution is 0.628. The molecule has 1 heterocycles. The highest BCUT2D eigenvalue weighted by Crippen LogP contribution is 2.28. The van der Waals surface area contributed by atoms with Gasteiger partial charge in [-0.15, -0.1) is 10.2 Å². The Balaban J connectivity index is 1.79. The molecule has 0 saturated carbocycles. The van der Waals surface area contributed by atoms with Gasteiger partial charge in [-0.1, -0.05) is 53.7 Å². The van der Waals surface area contributed by atoms with Crippen molar-refractivity contribution in [3.05, 3.63) is 65.5 Å². The number of aromatic nitrogens is 3. The van der Waals surface area contributed by atoms with Crippen LogP contribution in [0, 0.1) is 24.1 Å². The highest BCUT2D eigenvalue weighted by molar-refractivity contribution is 8.00. The van der Waals surface area contributed by atoms with E-state index in [1.807, 2.05) is 31.2 Å². The van der Waals surface area contributed by atoms with Crippen LogP contribution in [0.1, 0.15) is 11.1 Å². The molecule has 0 unspecified atom stereocenters. The maximum Gasteiger partial charge on any atom is 0.192 e. The van der Waals surface area contributed by atoms with Crippen molar-refractivity contribution in [2.45, 2.75) is 23.8 Å². The van der Waals surface area contributed by atoms with Gasteiger partial charge in [0.05, 0.1) is 11.6 Å². The predicted molar refractivity (Wildman–Crippen MR) is 96.5 cm³/mol. The van der Waals surface area contributed by atoms with Crippen LogP contribution in [0.4, 0.5) is 4.39 Å². The van der Waals surface area contributed by atoms with E-state index >= 15 is 0 Å². The molecule has 126 valence electrons. The molecule has 0 amide bonds. The molecule has 0 fully saturated rings. The van der Waals surface area contributed by atoms with Crippen LogP contribution in [-0.2, 0) is 13.5 Å². The zero-order valence-corrected chi connectivity index (χ0v) is 14.8. The summed E-state index contributed by atoms with van der Waals surface area (Å²) in [4.78, 5) is 0. The van der Waals surface area contributed by atoms with Crippen molar-refractivity contribution in [1.29, 1.82) is 5.26 Å². The van der Waals surface area contributed by atoms with E-state index in [-0.39, 0.29) is 11.1 Å². The molecule has 0 aliphatic heterocycles. The number of nitrogens with zero attached hydrogens (tertiary/aromatic N) is 4. The summed E-state index contributed by atoms with van der Waals surface area (Å²) in [6.07, 6.45) is 0.614. The number of aryl methyl sites for hydroxylation is 1. The fraction of sp³-hybridized carbons (Fsp3) is 0.211. The number of benzene rings is 2. The van der Waals surface area contributed by atoms with Crippen molar-refractivity contribution in [2.24, 2.45) is 7.05 Å². The van der Waals surface area contributed by atoms with E-state index < -0.39 is 0 Å². The summed E-state index contributed by atoms with van der Waals surface area (Å²) < 4.78 is 15.7. The maximum atomic E-state index is 14.0. The summed E-state index contributed by atoms with van der Waals surface area (Å²) >= 11 is 1.34. The average molecular weight is 352 g/mol. The predicted octanol–water partition coefficient (Wildman–Crippen LogP) is 4.16. The third-order valence-electron chi connectivity index (χ3n) is 3.88. The van der Waals surface area contributed by atoms with Crippen molar-refractivity contribution in [3.8, 4) is 17.5 Å². The minimum Gasteiger partial charge on any atom is -0.305 e. The van der Waals surface area contributed by atoms with Gasteiger partial charge in [-0.05, 0) is 31.0 Å². The number of hydrogen-bond donors (Lipinski definition) is 0. The quantitative estimate of drug-likeness (QED) is 0.647. The number of rotatable bonds is 5. The average Bonchev–Trinajstić information content (AvgIpc) is 2.97. The first-order valence-corrected chi connectivity index (χ1v) is 8.72. The smallest absolute Gasteiger partial charge is 0.192 e. The molecule has 0 saturated heterocycles. The number of hydrogen-bond acceptors (Lipinski definition) is 4. The van der Waals surface area contributed by atoms with Crippen LogP contribution >= 0.6 is 11.8 Å². The van der Waals surface area contributed by atoms with E-state index in [0.717, 1.165) is 5.56 Å². The third kappa shape index (κ3) is 3.89. The molecule has 0 aliphatic rings. The van der Waals surface area contributed by atoms with Gasteiger partial charge in [-0.25, -0.2) is 4.39 Å². The van der Waals surface area contributed by atoms with Crippen LogP contribution in [0.5, 0.6) is 0 Å². The van der Waals surface area contributed by atoms with Gasteiger partial charge in [0.2, 0.25) is 0 Å². The fourth-order valence-corrected chi connectivity index (χ4v) is 3.39. The molecule has 4 nitrogen and oxygen atoms in total. The summed E-state index contributed by atoms with van der Waals surface area (Å²) in [6.45, 7) is 2.03. The summed E-state index contributed by atoms with van der Waals surface area (Å²) in [5.74, 6) is 0.110. The summed E-state index contributed by atoms with van der Waals surface area (Å²) in [5.41, 5.74) is 2.69. The van der Waals surface area contributed by atoms with E-state index in [0.29, 0.717) is 23.0 Å². The van der Waals surface area contributed by atoms with Crippen molar-refractivity contribution >= 4 is 11.8 Å². The second-order valence-electron chi connectivity index (χ2n) is 5.77. The topological polar surface area (TPSA) is 54.5 Å². The van der Waals surface area contributed by atoms with Gasteiger partial charge in [-0.3, -0.25) is 0 Å². The van der Waals surface area contributed by atoms with E-state index in [1.165, 1.54) is 23.4 Å². The minimum atomic E-state index is -0.342. The lowest BCUT2D eigenvalue weighted by Crippen LogP contribution is -2.06. The van der Waals surface area contributed by atoms with Gasteiger partial charge in [0.25, 0.3) is 0 Å². The van der Waals surface area contributed by atoms with Crippen LogP contribution in [0.3, 0.4) is 0 Å². The molecule has 0 spiro atoms. The highest BCUT2D eigenvalue weighted by Gasteiger charge is 2.18. The fourth-order valence-electron chi connectivity index (χ4n) is 2.47.